The normalized spacial score (nSPS) is 21.1. The molecule has 0 bridgehead atoms. The van der Waals surface area contributed by atoms with E-state index in [0.29, 0.717) is 6.61 Å². The van der Waals surface area contributed by atoms with Gasteiger partial charge in [0, 0.05) is 45.6 Å². The number of pyridine rings is 1. The predicted octanol–water partition coefficient (Wildman–Crippen LogP) is 2.20. The molecule has 0 saturated carbocycles. The summed E-state index contributed by atoms with van der Waals surface area (Å²) >= 11 is 0. The van der Waals surface area contributed by atoms with Crippen LogP contribution in [0.25, 0.3) is 0 Å². The number of rotatable bonds is 5. The van der Waals surface area contributed by atoms with Gasteiger partial charge in [-0.05, 0) is 30.5 Å². The zero-order valence-electron chi connectivity index (χ0n) is 16.3. The summed E-state index contributed by atoms with van der Waals surface area (Å²) in [5.41, 5.74) is 2.27. The molecule has 1 atom stereocenters. The Kier molecular flexibility index (Phi) is 4.97. The molecule has 4 rings (SSSR count). The third kappa shape index (κ3) is 3.89. The third-order valence-electron chi connectivity index (χ3n) is 5.45. The third-order valence-corrected chi connectivity index (χ3v) is 5.45. The van der Waals surface area contributed by atoms with Crippen LogP contribution in [0.5, 0.6) is 0 Å². The van der Waals surface area contributed by atoms with Gasteiger partial charge in [0.1, 0.15) is 23.6 Å². The van der Waals surface area contributed by atoms with E-state index in [1.807, 2.05) is 43.5 Å². The van der Waals surface area contributed by atoms with Crippen molar-refractivity contribution >= 4 is 11.6 Å². The van der Waals surface area contributed by atoms with Crippen LogP contribution >= 0.6 is 0 Å². The second kappa shape index (κ2) is 7.40. The Hall–Kier alpha value is -2.25. The number of ether oxygens (including phenoxy) is 2. The zero-order chi connectivity index (χ0) is 18.9. The van der Waals surface area contributed by atoms with E-state index in [-0.39, 0.29) is 11.7 Å². The Labute approximate surface area is 160 Å². The summed E-state index contributed by atoms with van der Waals surface area (Å²) in [6, 6.07) is 4.05. The number of aromatic nitrogens is 3. The molecule has 0 radical (unpaired) electrons. The maximum atomic E-state index is 6.20. The Bertz CT molecular complexity index is 791. The molecule has 1 spiro atoms. The minimum Gasteiger partial charge on any atom is -0.373 e. The zero-order valence-corrected chi connectivity index (χ0v) is 16.3. The first-order valence-corrected chi connectivity index (χ1v) is 9.44. The van der Waals surface area contributed by atoms with Crippen LogP contribution in [0, 0.1) is 6.92 Å². The fourth-order valence-corrected chi connectivity index (χ4v) is 3.77. The minimum absolute atomic E-state index is 0.115. The van der Waals surface area contributed by atoms with Crippen LogP contribution in [0.2, 0.25) is 0 Å². The van der Waals surface area contributed by atoms with Crippen molar-refractivity contribution in [1.82, 2.24) is 15.0 Å². The van der Waals surface area contributed by atoms with Crippen molar-refractivity contribution < 1.29 is 9.47 Å². The minimum atomic E-state index is -0.115. The lowest BCUT2D eigenvalue weighted by molar-refractivity contribution is -0.148. The summed E-state index contributed by atoms with van der Waals surface area (Å²) in [6.07, 6.45) is 7.43. The highest BCUT2D eigenvalue weighted by atomic mass is 16.5. The Morgan fingerprint density at radius 1 is 1.33 bits per heavy atom. The molecular formula is C20H27N5O2. The molecule has 4 heterocycles. The lowest BCUT2D eigenvalue weighted by atomic mass is 9.84. The first kappa shape index (κ1) is 18.1. The molecule has 7 heteroatoms. The molecule has 2 aliphatic rings. The van der Waals surface area contributed by atoms with Crippen LogP contribution in [0.4, 0.5) is 11.6 Å². The number of hydrogen-bond donors (Lipinski definition) is 0. The van der Waals surface area contributed by atoms with Crippen molar-refractivity contribution in [2.75, 3.05) is 43.6 Å². The van der Waals surface area contributed by atoms with E-state index in [0.717, 1.165) is 49.7 Å². The molecule has 27 heavy (non-hydrogen) atoms. The van der Waals surface area contributed by atoms with E-state index in [1.54, 1.807) is 6.33 Å². The van der Waals surface area contributed by atoms with Gasteiger partial charge in [-0.1, -0.05) is 0 Å². The van der Waals surface area contributed by atoms with Crippen molar-refractivity contribution in [3.63, 3.8) is 0 Å². The van der Waals surface area contributed by atoms with Crippen molar-refractivity contribution in [3.8, 4) is 0 Å². The molecule has 0 aliphatic carbocycles. The lowest BCUT2D eigenvalue weighted by Crippen LogP contribution is -2.66. The average molecular weight is 369 g/mol. The van der Waals surface area contributed by atoms with E-state index >= 15 is 0 Å². The van der Waals surface area contributed by atoms with Gasteiger partial charge < -0.3 is 19.3 Å². The summed E-state index contributed by atoms with van der Waals surface area (Å²) in [5.74, 6) is 1.87. The van der Waals surface area contributed by atoms with Gasteiger partial charge in [-0.3, -0.25) is 4.98 Å². The highest BCUT2D eigenvalue weighted by Gasteiger charge is 2.48. The number of anilines is 2. The van der Waals surface area contributed by atoms with Crippen LogP contribution in [0.3, 0.4) is 0 Å². The van der Waals surface area contributed by atoms with Gasteiger partial charge in [-0.15, -0.1) is 0 Å². The SMILES string of the molecule is Cc1ccncc1COC1CCOC2(C1)CN(c1cc(N(C)C)ncn1)C2. The molecule has 2 aliphatic heterocycles. The van der Waals surface area contributed by atoms with Crippen molar-refractivity contribution in [2.24, 2.45) is 0 Å². The molecule has 2 aromatic rings. The van der Waals surface area contributed by atoms with Crippen LogP contribution < -0.4 is 9.80 Å². The van der Waals surface area contributed by atoms with Gasteiger partial charge in [-0.2, -0.15) is 0 Å². The molecule has 7 nitrogen and oxygen atoms in total. The van der Waals surface area contributed by atoms with Gasteiger partial charge in [0.25, 0.3) is 0 Å². The first-order chi connectivity index (χ1) is 13.0. The smallest absolute Gasteiger partial charge is 0.134 e. The van der Waals surface area contributed by atoms with Crippen LogP contribution in [-0.2, 0) is 16.1 Å². The second-order valence-electron chi connectivity index (χ2n) is 7.74. The Morgan fingerprint density at radius 2 is 2.19 bits per heavy atom. The summed E-state index contributed by atoms with van der Waals surface area (Å²) in [6.45, 7) is 5.16. The number of nitrogens with zero attached hydrogens (tertiary/aromatic N) is 5. The molecular weight excluding hydrogens is 342 g/mol. The van der Waals surface area contributed by atoms with Gasteiger partial charge in [0.05, 0.1) is 25.8 Å². The van der Waals surface area contributed by atoms with Crippen molar-refractivity contribution in [1.29, 1.82) is 0 Å². The van der Waals surface area contributed by atoms with E-state index in [1.165, 1.54) is 5.56 Å². The quantitative estimate of drug-likeness (QED) is 0.800. The molecule has 2 saturated heterocycles. The number of hydrogen-bond acceptors (Lipinski definition) is 7. The molecule has 1 unspecified atom stereocenters. The van der Waals surface area contributed by atoms with Crippen molar-refractivity contribution in [2.45, 2.75) is 38.1 Å². The Balaban J connectivity index is 1.34. The summed E-state index contributed by atoms with van der Waals surface area (Å²) < 4.78 is 12.4. The van der Waals surface area contributed by atoms with Crippen LogP contribution in [0.15, 0.2) is 30.9 Å². The van der Waals surface area contributed by atoms with Crippen LogP contribution in [0.1, 0.15) is 24.0 Å². The average Bonchev–Trinajstić information content (AvgIpc) is 2.66. The molecule has 144 valence electrons. The van der Waals surface area contributed by atoms with E-state index in [9.17, 15) is 0 Å². The highest BCUT2D eigenvalue weighted by molar-refractivity contribution is 5.52. The van der Waals surface area contributed by atoms with Crippen molar-refractivity contribution in [3.05, 3.63) is 42.0 Å². The van der Waals surface area contributed by atoms with Gasteiger partial charge in [0.2, 0.25) is 0 Å². The monoisotopic (exact) mass is 369 g/mol. The molecule has 0 amide bonds. The van der Waals surface area contributed by atoms with E-state index < -0.39 is 0 Å². The number of aryl methyl sites for hydroxylation is 1. The summed E-state index contributed by atoms with van der Waals surface area (Å²) in [7, 11) is 3.97. The fraction of sp³-hybridized carbons (Fsp3) is 0.550. The van der Waals surface area contributed by atoms with Crippen LogP contribution in [-0.4, -0.2) is 60.4 Å². The fourth-order valence-electron chi connectivity index (χ4n) is 3.77. The first-order valence-electron chi connectivity index (χ1n) is 9.44. The molecule has 0 N–H and O–H groups in total. The topological polar surface area (TPSA) is 63.6 Å². The Morgan fingerprint density at radius 3 is 2.96 bits per heavy atom. The standard InChI is InChI=1S/C20H27N5O2/c1-15-4-6-21-10-16(15)11-26-17-5-7-27-20(9-17)12-25(13-20)19-8-18(24(2)3)22-14-23-19/h4,6,8,10,14,17H,5,7,9,11-13H2,1-3H3. The largest absolute Gasteiger partial charge is 0.373 e. The summed E-state index contributed by atoms with van der Waals surface area (Å²) in [4.78, 5) is 17.2. The van der Waals surface area contributed by atoms with E-state index in [4.69, 9.17) is 9.47 Å². The van der Waals surface area contributed by atoms with Gasteiger partial charge >= 0.3 is 0 Å². The lowest BCUT2D eigenvalue weighted by Gasteiger charge is -2.53. The molecule has 0 aromatic carbocycles. The predicted molar refractivity (Wildman–Crippen MR) is 104 cm³/mol. The molecule has 2 fully saturated rings. The summed E-state index contributed by atoms with van der Waals surface area (Å²) in [5, 5.41) is 0. The highest BCUT2D eigenvalue weighted by Crippen LogP contribution is 2.37. The van der Waals surface area contributed by atoms with Gasteiger partial charge in [-0.25, -0.2) is 9.97 Å². The second-order valence-corrected chi connectivity index (χ2v) is 7.74. The van der Waals surface area contributed by atoms with E-state index in [2.05, 4.69) is 26.8 Å². The maximum absolute atomic E-state index is 6.20. The maximum Gasteiger partial charge on any atom is 0.134 e. The van der Waals surface area contributed by atoms with Gasteiger partial charge in [0.15, 0.2) is 0 Å². The molecule has 2 aromatic heterocycles.